The Morgan fingerprint density at radius 3 is 2.45 bits per heavy atom. The molecule has 0 aromatic heterocycles. The molecule has 29 heavy (non-hydrogen) atoms. The average molecular weight is 419 g/mol. The van der Waals surface area contributed by atoms with Crippen LogP contribution < -0.4 is 19.5 Å². The quantitative estimate of drug-likeness (QED) is 0.654. The number of ether oxygens (including phenoxy) is 4. The minimum absolute atomic E-state index is 0.185. The Bertz CT molecular complexity index is 941. The van der Waals surface area contributed by atoms with Crippen LogP contribution in [0.2, 0.25) is 5.02 Å². The van der Waals surface area contributed by atoms with Crippen molar-refractivity contribution in [1.82, 2.24) is 0 Å². The van der Waals surface area contributed by atoms with Gasteiger partial charge in [-0.2, -0.15) is 5.26 Å². The van der Waals surface area contributed by atoms with Gasteiger partial charge in [-0.05, 0) is 43.3 Å². The summed E-state index contributed by atoms with van der Waals surface area (Å²) in [5.74, 6) is -0.175. The predicted molar refractivity (Wildman–Crippen MR) is 106 cm³/mol. The van der Waals surface area contributed by atoms with Crippen LogP contribution in [0.15, 0.2) is 36.4 Å². The standard InChI is InChI=1S/C20H19ClN2O6/c1-12(10-22)29-20(25)13-4-6-17(18(8-13)27-3)28-11-19(24)23-15-9-14(21)5-7-16(15)26-2/h4-9,12H,11H2,1-3H3,(H,23,24). The summed E-state index contributed by atoms with van der Waals surface area (Å²) in [5, 5.41) is 11.8. The maximum Gasteiger partial charge on any atom is 0.339 e. The average Bonchev–Trinajstić information content (AvgIpc) is 2.72. The van der Waals surface area contributed by atoms with Crippen LogP contribution in [0.4, 0.5) is 5.69 Å². The molecule has 1 N–H and O–H groups in total. The highest BCUT2D eigenvalue weighted by Crippen LogP contribution is 2.30. The number of nitrogens with one attached hydrogen (secondary N) is 1. The number of benzene rings is 2. The highest BCUT2D eigenvalue weighted by Gasteiger charge is 2.16. The molecule has 1 amide bonds. The molecule has 0 fully saturated rings. The van der Waals surface area contributed by atoms with Crippen molar-refractivity contribution in [2.24, 2.45) is 0 Å². The van der Waals surface area contributed by atoms with Crippen LogP contribution in [0.5, 0.6) is 17.2 Å². The molecule has 0 radical (unpaired) electrons. The van der Waals surface area contributed by atoms with Gasteiger partial charge in [0.1, 0.15) is 11.8 Å². The maximum atomic E-state index is 12.2. The zero-order valence-corrected chi connectivity index (χ0v) is 16.8. The number of nitrogens with zero attached hydrogens (tertiary/aromatic N) is 1. The molecular formula is C20H19ClN2O6. The van der Waals surface area contributed by atoms with Gasteiger partial charge in [0.15, 0.2) is 24.2 Å². The fraction of sp³-hybridized carbons (Fsp3) is 0.250. The number of halogens is 1. The van der Waals surface area contributed by atoms with Gasteiger partial charge in [-0.25, -0.2) is 4.79 Å². The van der Waals surface area contributed by atoms with Crippen LogP contribution in [-0.4, -0.2) is 38.8 Å². The molecular weight excluding hydrogens is 400 g/mol. The van der Waals surface area contributed by atoms with Crippen LogP contribution in [0.25, 0.3) is 0 Å². The van der Waals surface area contributed by atoms with E-state index in [0.717, 1.165) is 0 Å². The lowest BCUT2D eigenvalue weighted by molar-refractivity contribution is -0.118. The normalized spacial score (nSPS) is 11.0. The molecule has 8 nitrogen and oxygen atoms in total. The first-order chi connectivity index (χ1) is 13.9. The van der Waals surface area contributed by atoms with E-state index in [1.54, 1.807) is 18.2 Å². The van der Waals surface area contributed by atoms with Gasteiger partial charge in [-0.3, -0.25) is 4.79 Å². The largest absolute Gasteiger partial charge is 0.495 e. The number of methoxy groups -OCH3 is 2. The molecule has 152 valence electrons. The van der Waals surface area contributed by atoms with Gasteiger partial charge >= 0.3 is 5.97 Å². The molecule has 0 aliphatic rings. The number of nitriles is 1. The predicted octanol–water partition coefficient (Wildman–Crippen LogP) is 3.44. The zero-order chi connectivity index (χ0) is 21.4. The fourth-order valence-corrected chi connectivity index (χ4v) is 2.45. The number of carbonyl (C=O) groups is 2. The summed E-state index contributed by atoms with van der Waals surface area (Å²) in [4.78, 5) is 24.2. The topological polar surface area (TPSA) is 107 Å². The van der Waals surface area contributed by atoms with E-state index < -0.39 is 18.0 Å². The molecule has 0 aliphatic carbocycles. The Hall–Kier alpha value is -3.44. The molecule has 0 spiro atoms. The van der Waals surface area contributed by atoms with Gasteiger partial charge in [0, 0.05) is 5.02 Å². The second kappa shape index (κ2) is 10.2. The van der Waals surface area contributed by atoms with Gasteiger partial charge < -0.3 is 24.3 Å². The van der Waals surface area contributed by atoms with Crippen LogP contribution >= 0.6 is 11.6 Å². The molecule has 0 heterocycles. The number of esters is 1. The van der Waals surface area contributed by atoms with Gasteiger partial charge in [0.2, 0.25) is 0 Å². The van der Waals surface area contributed by atoms with Crippen molar-refractivity contribution in [3.05, 3.63) is 47.0 Å². The molecule has 1 atom stereocenters. The molecule has 1 unspecified atom stereocenters. The molecule has 0 saturated heterocycles. The van der Waals surface area contributed by atoms with E-state index in [1.807, 2.05) is 6.07 Å². The molecule has 2 rings (SSSR count). The second-order valence-corrected chi connectivity index (χ2v) is 6.16. The van der Waals surface area contributed by atoms with Crippen molar-refractivity contribution in [2.75, 3.05) is 26.1 Å². The van der Waals surface area contributed by atoms with Crippen LogP contribution in [0.1, 0.15) is 17.3 Å². The second-order valence-electron chi connectivity index (χ2n) is 5.72. The number of hydrogen-bond acceptors (Lipinski definition) is 7. The van der Waals surface area contributed by atoms with Gasteiger partial charge in [0.05, 0.1) is 25.5 Å². The minimum atomic E-state index is -0.878. The van der Waals surface area contributed by atoms with Gasteiger partial charge in [-0.15, -0.1) is 0 Å². The Kier molecular flexibility index (Phi) is 7.69. The smallest absolute Gasteiger partial charge is 0.339 e. The van der Waals surface area contributed by atoms with E-state index in [2.05, 4.69) is 5.32 Å². The summed E-state index contributed by atoms with van der Waals surface area (Å²) in [6.45, 7) is 1.14. The van der Waals surface area contributed by atoms with Crippen molar-refractivity contribution in [1.29, 1.82) is 5.26 Å². The van der Waals surface area contributed by atoms with E-state index >= 15 is 0 Å². The lowest BCUT2D eigenvalue weighted by atomic mass is 10.2. The maximum absolute atomic E-state index is 12.2. The lowest BCUT2D eigenvalue weighted by Crippen LogP contribution is -2.20. The van der Waals surface area contributed by atoms with Gasteiger partial charge in [-0.1, -0.05) is 11.6 Å². The molecule has 2 aromatic rings. The molecule has 0 bridgehead atoms. The summed E-state index contributed by atoms with van der Waals surface area (Å²) in [7, 11) is 2.87. The first kappa shape index (κ1) is 21.9. The summed E-state index contributed by atoms with van der Waals surface area (Å²) >= 11 is 5.94. The zero-order valence-electron chi connectivity index (χ0n) is 16.0. The summed E-state index contributed by atoms with van der Waals surface area (Å²) in [6.07, 6.45) is -0.878. The summed E-state index contributed by atoms with van der Waals surface area (Å²) in [5.41, 5.74) is 0.592. The third-order valence-electron chi connectivity index (χ3n) is 3.66. The van der Waals surface area contributed by atoms with Crippen molar-refractivity contribution in [2.45, 2.75) is 13.0 Å². The third kappa shape index (κ3) is 6.02. The van der Waals surface area contributed by atoms with E-state index in [4.69, 9.17) is 35.8 Å². The minimum Gasteiger partial charge on any atom is -0.495 e. The molecule has 0 aliphatic heterocycles. The van der Waals surface area contributed by atoms with E-state index in [0.29, 0.717) is 16.5 Å². The van der Waals surface area contributed by atoms with Crippen LogP contribution in [-0.2, 0) is 9.53 Å². The molecule has 2 aromatic carbocycles. The number of amides is 1. The first-order valence-corrected chi connectivity index (χ1v) is 8.80. The number of anilines is 1. The van der Waals surface area contributed by atoms with Crippen LogP contribution in [0, 0.1) is 11.3 Å². The third-order valence-corrected chi connectivity index (χ3v) is 3.89. The van der Waals surface area contributed by atoms with Crippen molar-refractivity contribution >= 4 is 29.2 Å². The van der Waals surface area contributed by atoms with Gasteiger partial charge in [0.25, 0.3) is 5.91 Å². The van der Waals surface area contributed by atoms with Crippen molar-refractivity contribution < 1.29 is 28.5 Å². The molecule has 9 heteroatoms. The summed E-state index contributed by atoms with van der Waals surface area (Å²) < 4.78 is 20.8. The molecule has 0 saturated carbocycles. The first-order valence-electron chi connectivity index (χ1n) is 8.42. The Balaban J connectivity index is 2.05. The van der Waals surface area contributed by atoms with Crippen molar-refractivity contribution in [3.8, 4) is 23.3 Å². The Morgan fingerprint density at radius 2 is 1.79 bits per heavy atom. The monoisotopic (exact) mass is 418 g/mol. The highest BCUT2D eigenvalue weighted by atomic mass is 35.5. The lowest BCUT2D eigenvalue weighted by Gasteiger charge is -2.13. The highest BCUT2D eigenvalue weighted by molar-refractivity contribution is 6.31. The summed E-state index contributed by atoms with van der Waals surface area (Å²) in [6, 6.07) is 11.0. The van der Waals surface area contributed by atoms with Crippen LogP contribution in [0.3, 0.4) is 0 Å². The van der Waals surface area contributed by atoms with E-state index in [1.165, 1.54) is 39.3 Å². The van der Waals surface area contributed by atoms with Crippen molar-refractivity contribution in [3.63, 3.8) is 0 Å². The Morgan fingerprint density at radius 1 is 1.10 bits per heavy atom. The van der Waals surface area contributed by atoms with E-state index in [9.17, 15) is 9.59 Å². The number of carbonyl (C=O) groups excluding carboxylic acids is 2. The van der Waals surface area contributed by atoms with E-state index in [-0.39, 0.29) is 23.7 Å². The Labute approximate surface area is 172 Å². The SMILES string of the molecule is COc1ccc(Cl)cc1NC(=O)COc1ccc(C(=O)OC(C)C#N)cc1OC. The fourth-order valence-electron chi connectivity index (χ4n) is 2.28. The number of rotatable bonds is 8. The number of hydrogen-bond donors (Lipinski definition) is 1.